The Kier molecular flexibility index (Phi) is 7.05. The summed E-state index contributed by atoms with van der Waals surface area (Å²) in [7, 11) is 0. The highest BCUT2D eigenvalue weighted by molar-refractivity contribution is 6.04. The van der Waals surface area contributed by atoms with Crippen molar-refractivity contribution in [3.63, 3.8) is 0 Å². The molecule has 0 aliphatic carbocycles. The number of carbonyl (C=O) groups excluding carboxylic acids is 1. The van der Waals surface area contributed by atoms with Gasteiger partial charge in [-0.3, -0.25) is 9.59 Å². The number of aromatic nitrogens is 2. The summed E-state index contributed by atoms with van der Waals surface area (Å²) in [6, 6.07) is 16.9. The summed E-state index contributed by atoms with van der Waals surface area (Å²) in [5.74, 6) is -0.471. The predicted octanol–water partition coefficient (Wildman–Crippen LogP) is 4.30. The van der Waals surface area contributed by atoms with E-state index in [1.165, 1.54) is 0 Å². The van der Waals surface area contributed by atoms with Crippen LogP contribution < -0.4 is 11.0 Å². The summed E-state index contributed by atoms with van der Waals surface area (Å²) in [4.78, 5) is 24.4. The zero-order chi connectivity index (χ0) is 20.5. The fourth-order valence-corrected chi connectivity index (χ4v) is 3.03. The van der Waals surface area contributed by atoms with Crippen molar-refractivity contribution in [1.82, 2.24) is 15.6 Å². The molecular weight excluding hydrogens is 364 g/mol. The van der Waals surface area contributed by atoms with E-state index in [0.29, 0.717) is 10.8 Å². The second-order valence-electron chi connectivity index (χ2n) is 6.73. The Morgan fingerprint density at radius 2 is 1.79 bits per heavy atom. The van der Waals surface area contributed by atoms with Crippen LogP contribution in [0, 0.1) is 0 Å². The van der Waals surface area contributed by atoms with Crippen LogP contribution in [0.1, 0.15) is 48.7 Å². The number of hydrogen-bond donors (Lipinski definition) is 2. The maximum absolute atomic E-state index is 12.5. The zero-order valence-corrected chi connectivity index (χ0v) is 16.4. The number of fused-ring (bicyclic) bond motifs is 1. The molecule has 1 aromatic heterocycles. The van der Waals surface area contributed by atoms with Gasteiger partial charge in [0, 0.05) is 5.39 Å². The van der Waals surface area contributed by atoms with E-state index in [1.54, 1.807) is 30.5 Å². The summed E-state index contributed by atoms with van der Waals surface area (Å²) in [5.41, 5.74) is 4.45. The van der Waals surface area contributed by atoms with Crippen LogP contribution in [0.4, 0.5) is 0 Å². The third-order valence-corrected chi connectivity index (χ3v) is 4.53. The van der Waals surface area contributed by atoms with Crippen LogP contribution in [-0.4, -0.2) is 22.3 Å². The Bertz CT molecular complexity index is 1080. The van der Waals surface area contributed by atoms with Crippen LogP contribution in [0.2, 0.25) is 0 Å². The van der Waals surface area contributed by atoms with Gasteiger partial charge in [0.15, 0.2) is 5.69 Å². The number of rotatable bonds is 8. The zero-order valence-electron chi connectivity index (χ0n) is 16.4. The van der Waals surface area contributed by atoms with E-state index in [0.717, 1.165) is 36.8 Å². The van der Waals surface area contributed by atoms with Gasteiger partial charge >= 0.3 is 0 Å². The average Bonchev–Trinajstić information content (AvgIpc) is 2.75. The molecular formula is C23H24N4O2. The topological polar surface area (TPSA) is 87.2 Å². The lowest BCUT2D eigenvalue weighted by Gasteiger charge is -2.04. The number of nitrogens with zero attached hydrogens (tertiary/aromatic N) is 2. The van der Waals surface area contributed by atoms with Gasteiger partial charge in [0.2, 0.25) is 0 Å². The lowest BCUT2D eigenvalue weighted by Crippen LogP contribution is -2.22. The summed E-state index contributed by atoms with van der Waals surface area (Å²) >= 11 is 0. The molecule has 0 atom stereocenters. The van der Waals surface area contributed by atoms with Crippen LogP contribution in [0.25, 0.3) is 16.8 Å². The maximum atomic E-state index is 12.5. The Labute approximate surface area is 169 Å². The Morgan fingerprint density at radius 3 is 2.55 bits per heavy atom. The average molecular weight is 388 g/mol. The lowest BCUT2D eigenvalue weighted by atomic mass is 10.1. The Balaban J connectivity index is 1.77. The van der Waals surface area contributed by atoms with Crippen molar-refractivity contribution in [1.29, 1.82) is 0 Å². The third-order valence-electron chi connectivity index (χ3n) is 4.53. The van der Waals surface area contributed by atoms with E-state index >= 15 is 0 Å². The summed E-state index contributed by atoms with van der Waals surface area (Å²) in [6.45, 7) is 2.16. The molecule has 0 unspecified atom stereocenters. The van der Waals surface area contributed by atoms with Gasteiger partial charge in [0.1, 0.15) is 0 Å². The van der Waals surface area contributed by atoms with E-state index in [1.807, 2.05) is 30.3 Å². The number of H-pyrrole nitrogens is 1. The largest absolute Gasteiger partial charge is 0.292 e. The lowest BCUT2D eigenvalue weighted by molar-refractivity contribution is 0.0951. The molecule has 0 spiro atoms. The second kappa shape index (κ2) is 10.1. The molecule has 0 radical (unpaired) electrons. The molecule has 0 saturated carbocycles. The molecule has 3 aromatic rings. The van der Waals surface area contributed by atoms with E-state index in [4.69, 9.17) is 0 Å². The van der Waals surface area contributed by atoms with E-state index in [9.17, 15) is 9.59 Å². The number of benzene rings is 2. The minimum atomic E-state index is -0.471. The normalized spacial score (nSPS) is 11.8. The van der Waals surface area contributed by atoms with Crippen molar-refractivity contribution in [2.75, 3.05) is 0 Å². The highest BCUT2D eigenvalue weighted by atomic mass is 16.2. The Morgan fingerprint density at radius 1 is 1.07 bits per heavy atom. The molecule has 29 heavy (non-hydrogen) atoms. The first-order valence-corrected chi connectivity index (χ1v) is 9.75. The van der Waals surface area contributed by atoms with Crippen molar-refractivity contribution in [2.45, 2.75) is 32.6 Å². The van der Waals surface area contributed by atoms with Crippen LogP contribution in [-0.2, 0) is 0 Å². The van der Waals surface area contributed by atoms with Crippen molar-refractivity contribution >= 4 is 29.0 Å². The summed E-state index contributed by atoms with van der Waals surface area (Å²) < 4.78 is 0. The molecule has 1 amide bonds. The first-order chi connectivity index (χ1) is 14.2. The molecule has 2 N–H and O–H groups in total. The molecule has 148 valence electrons. The number of unbranched alkanes of at least 4 members (excludes halogenated alkanes) is 2. The molecule has 0 fully saturated rings. The molecule has 0 aliphatic heterocycles. The minimum Gasteiger partial charge on any atom is -0.267 e. The fourth-order valence-electron chi connectivity index (χ4n) is 3.03. The van der Waals surface area contributed by atoms with Gasteiger partial charge in [0.25, 0.3) is 11.5 Å². The van der Waals surface area contributed by atoms with Gasteiger partial charge in [0.05, 0.1) is 11.6 Å². The van der Waals surface area contributed by atoms with Crippen molar-refractivity contribution in [3.8, 4) is 0 Å². The number of aromatic amines is 1. The van der Waals surface area contributed by atoms with E-state index in [2.05, 4.69) is 33.7 Å². The minimum absolute atomic E-state index is 0.136. The highest BCUT2D eigenvalue weighted by Crippen LogP contribution is 2.13. The van der Waals surface area contributed by atoms with Crippen LogP contribution in [0.15, 0.2) is 70.1 Å². The number of hydrazone groups is 1. The molecule has 6 heteroatoms. The SMILES string of the molecule is CCCCCC(/C=N/NC(=O)c1n[nH]c(=O)c2ccccc12)=C\c1ccccc1. The number of allylic oxidation sites excluding steroid dienone is 1. The molecule has 6 nitrogen and oxygen atoms in total. The molecule has 1 heterocycles. The predicted molar refractivity (Wildman–Crippen MR) is 117 cm³/mol. The van der Waals surface area contributed by atoms with E-state index in [-0.39, 0.29) is 11.3 Å². The smallest absolute Gasteiger partial charge is 0.267 e. The van der Waals surface area contributed by atoms with Crippen molar-refractivity contribution in [2.24, 2.45) is 5.10 Å². The number of amides is 1. The quantitative estimate of drug-likeness (QED) is 0.343. The van der Waals surface area contributed by atoms with Crippen LogP contribution in [0.3, 0.4) is 0 Å². The summed E-state index contributed by atoms with van der Waals surface area (Å²) in [5, 5.41) is 11.3. The molecule has 2 aromatic carbocycles. The number of carbonyl (C=O) groups is 1. The molecule has 3 rings (SSSR count). The molecule has 0 aliphatic rings. The second-order valence-corrected chi connectivity index (χ2v) is 6.73. The molecule has 0 saturated heterocycles. The van der Waals surface area contributed by atoms with E-state index < -0.39 is 5.91 Å². The van der Waals surface area contributed by atoms with Gasteiger partial charge in [-0.15, -0.1) is 0 Å². The van der Waals surface area contributed by atoms with Gasteiger partial charge in [-0.1, -0.05) is 74.4 Å². The third kappa shape index (κ3) is 5.48. The van der Waals surface area contributed by atoms with Crippen LogP contribution >= 0.6 is 0 Å². The van der Waals surface area contributed by atoms with Crippen molar-refractivity contribution < 1.29 is 4.79 Å². The van der Waals surface area contributed by atoms with Gasteiger partial charge in [-0.25, -0.2) is 10.5 Å². The number of nitrogens with one attached hydrogen (secondary N) is 2. The van der Waals surface area contributed by atoms with Crippen LogP contribution in [0.5, 0.6) is 0 Å². The first kappa shape index (κ1) is 20.2. The van der Waals surface area contributed by atoms with Gasteiger partial charge in [-0.05, 0) is 30.0 Å². The highest BCUT2D eigenvalue weighted by Gasteiger charge is 2.13. The standard InChI is InChI=1S/C23H24N4O2/c1-2-3-5-12-18(15-17-10-6-4-7-11-17)16-24-26-23(29)21-19-13-8-9-14-20(19)22(28)27-25-21/h4,6-11,13-16H,2-3,5,12H2,1H3,(H,26,29)(H,27,28)/b18-15+,24-16+. The number of hydrogen-bond acceptors (Lipinski definition) is 4. The molecule has 0 bridgehead atoms. The maximum Gasteiger partial charge on any atom is 0.292 e. The summed E-state index contributed by atoms with van der Waals surface area (Å²) in [6.07, 6.45) is 7.95. The van der Waals surface area contributed by atoms with Crippen molar-refractivity contribution in [3.05, 3.63) is 81.8 Å². The fraction of sp³-hybridized carbons (Fsp3) is 0.217. The first-order valence-electron chi connectivity index (χ1n) is 9.75. The Hall–Kier alpha value is -3.54. The van der Waals surface area contributed by atoms with Gasteiger partial charge in [-0.2, -0.15) is 10.2 Å². The monoisotopic (exact) mass is 388 g/mol. The van der Waals surface area contributed by atoms with Gasteiger partial charge < -0.3 is 0 Å².